The molecule has 3 aromatic rings. The van der Waals surface area contributed by atoms with Crippen molar-refractivity contribution in [2.45, 2.75) is 4.90 Å². The number of allylic oxidation sites excluding steroid dienone is 2. The molecule has 5 heteroatoms. The quantitative estimate of drug-likeness (QED) is 0.404. The largest absolute Gasteiger partial charge is 0.297 e. The summed E-state index contributed by atoms with van der Waals surface area (Å²) >= 11 is 7.67. The molecule has 1 aliphatic rings. The molecule has 0 saturated heterocycles. The van der Waals surface area contributed by atoms with Crippen LogP contribution >= 0.6 is 23.4 Å². The van der Waals surface area contributed by atoms with Crippen LogP contribution in [0.15, 0.2) is 96.0 Å². The molecule has 31 heavy (non-hydrogen) atoms. The lowest BCUT2D eigenvalue weighted by molar-refractivity contribution is 0.358. The van der Waals surface area contributed by atoms with Gasteiger partial charge in [-0.25, -0.2) is 4.39 Å². The molecule has 1 N–H and O–H groups in total. The molecule has 3 aromatic carbocycles. The summed E-state index contributed by atoms with van der Waals surface area (Å²) < 4.78 is 13.4. The summed E-state index contributed by atoms with van der Waals surface area (Å²) in [5, 5.41) is 2.76. The zero-order valence-electron chi connectivity index (χ0n) is 17.1. The van der Waals surface area contributed by atoms with Gasteiger partial charge < -0.3 is 0 Å². The number of rotatable bonds is 6. The first-order valence-electron chi connectivity index (χ1n) is 9.90. The van der Waals surface area contributed by atoms with E-state index in [0.717, 1.165) is 33.0 Å². The van der Waals surface area contributed by atoms with E-state index in [9.17, 15) is 4.39 Å². The summed E-state index contributed by atoms with van der Waals surface area (Å²) in [6.45, 7) is 0.683. The SMILES string of the molecule is CSc1ccc(C2=C(c3ccc(F)cc3)C=CN(CC=Cc3ccc(Cl)cc3)N2)cc1. The maximum absolute atomic E-state index is 13.4. The molecule has 0 amide bonds. The minimum atomic E-state index is -0.239. The maximum atomic E-state index is 13.4. The van der Waals surface area contributed by atoms with E-state index >= 15 is 0 Å². The number of benzene rings is 3. The van der Waals surface area contributed by atoms with E-state index < -0.39 is 0 Å². The second-order valence-corrected chi connectivity index (χ2v) is 8.37. The lowest BCUT2D eigenvalue weighted by Crippen LogP contribution is -2.34. The van der Waals surface area contributed by atoms with E-state index in [-0.39, 0.29) is 5.82 Å². The Balaban J connectivity index is 1.58. The highest BCUT2D eigenvalue weighted by atomic mass is 35.5. The van der Waals surface area contributed by atoms with Crippen LogP contribution in [0, 0.1) is 5.82 Å². The molecule has 2 nitrogen and oxygen atoms in total. The predicted molar refractivity (Wildman–Crippen MR) is 131 cm³/mol. The van der Waals surface area contributed by atoms with E-state index in [0.29, 0.717) is 6.54 Å². The molecule has 0 atom stereocenters. The minimum absolute atomic E-state index is 0.239. The highest BCUT2D eigenvalue weighted by Gasteiger charge is 2.16. The molecule has 0 aromatic heterocycles. The van der Waals surface area contributed by atoms with Crippen LogP contribution in [0.2, 0.25) is 5.02 Å². The van der Waals surface area contributed by atoms with Crippen molar-refractivity contribution < 1.29 is 4.39 Å². The summed E-state index contributed by atoms with van der Waals surface area (Å²) in [5.74, 6) is -0.239. The topological polar surface area (TPSA) is 15.3 Å². The molecule has 156 valence electrons. The van der Waals surface area contributed by atoms with Gasteiger partial charge in [0.25, 0.3) is 0 Å². The van der Waals surface area contributed by atoms with Crippen LogP contribution in [0.4, 0.5) is 4.39 Å². The molecule has 1 aliphatic heterocycles. The third-order valence-corrected chi connectivity index (χ3v) is 5.96. The highest BCUT2D eigenvalue weighted by molar-refractivity contribution is 7.98. The van der Waals surface area contributed by atoms with Crippen LogP contribution in [0.1, 0.15) is 16.7 Å². The van der Waals surface area contributed by atoms with E-state index in [1.54, 1.807) is 11.8 Å². The maximum Gasteiger partial charge on any atom is 0.123 e. The van der Waals surface area contributed by atoms with Gasteiger partial charge in [-0.1, -0.05) is 60.2 Å². The average molecular weight is 449 g/mol. The van der Waals surface area contributed by atoms with Crippen molar-refractivity contribution in [1.29, 1.82) is 0 Å². The zero-order chi connectivity index (χ0) is 21.6. The zero-order valence-corrected chi connectivity index (χ0v) is 18.6. The highest BCUT2D eigenvalue weighted by Crippen LogP contribution is 2.30. The third kappa shape index (κ3) is 5.40. The van der Waals surface area contributed by atoms with Crippen LogP contribution in [-0.2, 0) is 0 Å². The van der Waals surface area contributed by atoms with E-state index in [1.165, 1.54) is 17.0 Å². The van der Waals surface area contributed by atoms with Gasteiger partial charge in [-0.05, 0) is 59.9 Å². The molecular formula is C26H22ClFN2S. The third-order valence-electron chi connectivity index (χ3n) is 4.96. The molecule has 0 aliphatic carbocycles. The van der Waals surface area contributed by atoms with Crippen LogP contribution in [0.3, 0.4) is 0 Å². The normalized spacial score (nSPS) is 13.7. The van der Waals surface area contributed by atoms with Gasteiger partial charge in [0, 0.05) is 27.3 Å². The van der Waals surface area contributed by atoms with Gasteiger partial charge in [0.05, 0.1) is 12.2 Å². The lowest BCUT2D eigenvalue weighted by atomic mass is 9.98. The van der Waals surface area contributed by atoms with Crippen LogP contribution in [-0.4, -0.2) is 17.8 Å². The Bertz CT molecular complexity index is 1120. The van der Waals surface area contributed by atoms with Gasteiger partial charge in [-0.3, -0.25) is 10.4 Å². The van der Waals surface area contributed by atoms with Gasteiger partial charge >= 0.3 is 0 Å². The molecule has 4 rings (SSSR count). The fourth-order valence-electron chi connectivity index (χ4n) is 3.32. The number of hydrogen-bond acceptors (Lipinski definition) is 3. The standard InChI is InChI=1S/C26H22ClFN2S/c1-31-24-14-8-21(9-15-24)26-25(20-6-12-23(28)13-7-20)16-18-30(29-26)17-2-3-19-4-10-22(27)11-5-19/h2-16,18,29H,17H2,1H3. The molecule has 0 bridgehead atoms. The van der Waals surface area contributed by atoms with Crippen molar-refractivity contribution in [3.05, 3.63) is 119 Å². The summed E-state index contributed by atoms with van der Waals surface area (Å²) in [6, 6.07) is 22.8. The Labute approximate surface area is 191 Å². The van der Waals surface area contributed by atoms with Crippen molar-refractivity contribution in [2.75, 3.05) is 12.8 Å². The lowest BCUT2D eigenvalue weighted by Gasteiger charge is -2.29. The number of nitrogens with one attached hydrogen (secondary N) is 1. The van der Waals surface area contributed by atoms with Gasteiger partial charge in [-0.15, -0.1) is 11.8 Å². The molecule has 0 saturated carbocycles. The number of halogens is 2. The van der Waals surface area contributed by atoms with Gasteiger partial charge in [0.2, 0.25) is 0 Å². The summed E-state index contributed by atoms with van der Waals surface area (Å²) in [4.78, 5) is 1.21. The van der Waals surface area contributed by atoms with E-state index in [4.69, 9.17) is 11.6 Å². The Kier molecular flexibility index (Phi) is 6.80. The van der Waals surface area contributed by atoms with Gasteiger partial charge in [0.15, 0.2) is 0 Å². The fraction of sp³-hybridized carbons (Fsp3) is 0.0769. The Hall–Kier alpha value is -2.95. The number of nitrogens with zero attached hydrogens (tertiary/aromatic N) is 1. The summed E-state index contributed by atoms with van der Waals surface area (Å²) in [6.07, 6.45) is 10.3. The molecule has 1 heterocycles. The molecule has 0 radical (unpaired) electrons. The van der Waals surface area contributed by atoms with Gasteiger partial charge in [0.1, 0.15) is 5.82 Å². The molecular weight excluding hydrogens is 427 g/mol. The van der Waals surface area contributed by atoms with E-state index in [2.05, 4.69) is 54.2 Å². The first kappa shape index (κ1) is 21.3. The molecule has 0 fully saturated rings. The summed E-state index contributed by atoms with van der Waals surface area (Å²) in [5.41, 5.74) is 8.67. The number of hydrazine groups is 1. The smallest absolute Gasteiger partial charge is 0.123 e. The van der Waals surface area contributed by atoms with Crippen molar-refractivity contribution in [2.24, 2.45) is 0 Å². The number of hydrogen-bond donors (Lipinski definition) is 1. The van der Waals surface area contributed by atoms with Crippen LogP contribution < -0.4 is 5.43 Å². The van der Waals surface area contributed by atoms with Crippen LogP contribution in [0.5, 0.6) is 0 Å². The van der Waals surface area contributed by atoms with E-state index in [1.807, 2.05) is 47.6 Å². The number of thioether (sulfide) groups is 1. The van der Waals surface area contributed by atoms with Crippen LogP contribution in [0.25, 0.3) is 17.3 Å². The fourth-order valence-corrected chi connectivity index (χ4v) is 3.85. The van der Waals surface area contributed by atoms with Crippen molar-refractivity contribution in [1.82, 2.24) is 10.4 Å². The second-order valence-electron chi connectivity index (χ2n) is 7.06. The predicted octanol–water partition coefficient (Wildman–Crippen LogP) is 7.12. The minimum Gasteiger partial charge on any atom is -0.297 e. The Morgan fingerprint density at radius 2 is 1.61 bits per heavy atom. The average Bonchev–Trinajstić information content (AvgIpc) is 2.81. The van der Waals surface area contributed by atoms with Crippen molar-refractivity contribution in [3.8, 4) is 0 Å². The Morgan fingerprint density at radius 1 is 0.935 bits per heavy atom. The summed E-state index contributed by atoms with van der Waals surface area (Å²) in [7, 11) is 0. The van der Waals surface area contributed by atoms with Crippen molar-refractivity contribution >= 4 is 40.7 Å². The van der Waals surface area contributed by atoms with Gasteiger partial charge in [-0.2, -0.15) is 0 Å². The molecule has 0 unspecified atom stereocenters. The second kappa shape index (κ2) is 9.90. The Morgan fingerprint density at radius 3 is 2.29 bits per heavy atom. The monoisotopic (exact) mass is 448 g/mol. The van der Waals surface area contributed by atoms with Crippen molar-refractivity contribution in [3.63, 3.8) is 0 Å². The molecule has 0 spiro atoms. The first-order chi connectivity index (χ1) is 15.1. The first-order valence-corrected chi connectivity index (χ1v) is 11.5.